The highest BCUT2D eigenvalue weighted by atomic mass is 35.5. The van der Waals surface area contributed by atoms with Crippen LogP contribution in [0.2, 0.25) is 5.02 Å². The highest BCUT2D eigenvalue weighted by Crippen LogP contribution is 2.34. The van der Waals surface area contributed by atoms with E-state index in [1.165, 1.54) is 0 Å². The maximum Gasteiger partial charge on any atom is 0.416 e. The highest BCUT2D eigenvalue weighted by molar-refractivity contribution is 7.89. The number of benzene rings is 1. The van der Waals surface area contributed by atoms with E-state index in [4.69, 9.17) is 17.3 Å². The van der Waals surface area contributed by atoms with Crippen LogP contribution in [-0.2, 0) is 16.2 Å². The predicted octanol–water partition coefficient (Wildman–Crippen LogP) is 2.76. The first kappa shape index (κ1) is 17.5. The summed E-state index contributed by atoms with van der Waals surface area (Å²) in [7, 11) is -4.14. The summed E-state index contributed by atoms with van der Waals surface area (Å²) in [6.45, 7) is 0.323. The lowest BCUT2D eigenvalue weighted by Crippen LogP contribution is -2.39. The van der Waals surface area contributed by atoms with E-state index in [2.05, 4.69) is 4.72 Å². The highest BCUT2D eigenvalue weighted by Gasteiger charge is 2.35. The first-order valence-corrected chi connectivity index (χ1v) is 8.60. The molecule has 2 unspecified atom stereocenters. The van der Waals surface area contributed by atoms with Gasteiger partial charge in [0.05, 0.1) is 10.6 Å². The van der Waals surface area contributed by atoms with Gasteiger partial charge in [-0.3, -0.25) is 0 Å². The van der Waals surface area contributed by atoms with Crippen LogP contribution in [0.15, 0.2) is 23.1 Å². The number of hydrogen-bond donors (Lipinski definition) is 2. The Hall–Kier alpha value is -0.830. The molecule has 2 rings (SSSR count). The Balaban J connectivity index is 2.33. The monoisotopic (exact) mass is 356 g/mol. The average Bonchev–Trinajstić information content (AvgIpc) is 2.84. The fourth-order valence-corrected chi connectivity index (χ4v) is 4.49. The fourth-order valence-electron chi connectivity index (χ4n) is 2.62. The van der Waals surface area contributed by atoms with Crippen LogP contribution in [-0.4, -0.2) is 21.0 Å². The summed E-state index contributed by atoms with van der Waals surface area (Å²) in [4.78, 5) is -0.563. The molecule has 4 nitrogen and oxygen atoms in total. The van der Waals surface area contributed by atoms with Crippen molar-refractivity contribution in [3.63, 3.8) is 0 Å². The minimum atomic E-state index is -4.64. The smallest absolute Gasteiger partial charge is 0.330 e. The van der Waals surface area contributed by atoms with Crippen molar-refractivity contribution in [2.75, 3.05) is 6.54 Å². The van der Waals surface area contributed by atoms with Gasteiger partial charge in [-0.05, 0) is 43.5 Å². The third-order valence-corrected chi connectivity index (χ3v) is 5.79. The minimum Gasteiger partial charge on any atom is -0.330 e. The van der Waals surface area contributed by atoms with Crippen molar-refractivity contribution in [1.82, 2.24) is 4.72 Å². The molecule has 0 saturated heterocycles. The Morgan fingerprint density at radius 3 is 2.59 bits per heavy atom. The Bertz CT molecular complexity index is 649. The summed E-state index contributed by atoms with van der Waals surface area (Å²) in [6, 6.07) is 1.87. The lowest BCUT2D eigenvalue weighted by atomic mass is 10.1. The first-order chi connectivity index (χ1) is 10.1. The van der Waals surface area contributed by atoms with Crippen LogP contribution in [0.5, 0.6) is 0 Å². The van der Waals surface area contributed by atoms with Crippen molar-refractivity contribution >= 4 is 21.6 Å². The Labute approximate surface area is 131 Å². The van der Waals surface area contributed by atoms with Crippen LogP contribution >= 0.6 is 11.6 Å². The van der Waals surface area contributed by atoms with E-state index < -0.39 is 26.7 Å². The second-order valence-corrected chi connectivity index (χ2v) is 7.39. The molecule has 0 heterocycles. The van der Waals surface area contributed by atoms with Gasteiger partial charge in [0.1, 0.15) is 4.90 Å². The lowest BCUT2D eigenvalue weighted by molar-refractivity contribution is -0.137. The van der Waals surface area contributed by atoms with Crippen molar-refractivity contribution in [2.24, 2.45) is 11.7 Å². The molecule has 0 aliphatic heterocycles. The van der Waals surface area contributed by atoms with E-state index in [1.807, 2.05) is 0 Å². The summed E-state index contributed by atoms with van der Waals surface area (Å²) < 4.78 is 65.3. The molecular weight excluding hydrogens is 341 g/mol. The second kappa shape index (κ2) is 6.35. The van der Waals surface area contributed by atoms with Crippen molar-refractivity contribution in [3.8, 4) is 0 Å². The van der Waals surface area contributed by atoms with Crippen molar-refractivity contribution < 1.29 is 21.6 Å². The van der Waals surface area contributed by atoms with E-state index in [-0.39, 0.29) is 17.0 Å². The average molecular weight is 357 g/mol. The van der Waals surface area contributed by atoms with E-state index in [0.717, 1.165) is 25.0 Å². The molecule has 1 aromatic rings. The molecule has 22 heavy (non-hydrogen) atoms. The fraction of sp³-hybridized carbons (Fsp3) is 0.538. The van der Waals surface area contributed by atoms with Gasteiger partial charge in [-0.2, -0.15) is 13.2 Å². The summed E-state index contributed by atoms with van der Waals surface area (Å²) in [5.74, 6) is -0.0145. The van der Waals surface area contributed by atoms with E-state index in [0.29, 0.717) is 19.0 Å². The van der Waals surface area contributed by atoms with Crippen LogP contribution in [0.1, 0.15) is 24.8 Å². The maximum atomic E-state index is 12.7. The van der Waals surface area contributed by atoms with Gasteiger partial charge in [-0.15, -0.1) is 0 Å². The molecule has 3 N–H and O–H groups in total. The zero-order chi connectivity index (χ0) is 16.5. The molecule has 2 atom stereocenters. The Morgan fingerprint density at radius 2 is 2.00 bits per heavy atom. The van der Waals surface area contributed by atoms with Gasteiger partial charge in [-0.1, -0.05) is 18.0 Å². The number of sulfonamides is 1. The lowest BCUT2D eigenvalue weighted by Gasteiger charge is -2.20. The zero-order valence-corrected chi connectivity index (χ0v) is 13.1. The SMILES string of the molecule is NCC1CCCC1NS(=O)(=O)c1cc(C(F)(F)F)ccc1Cl. The zero-order valence-electron chi connectivity index (χ0n) is 11.5. The molecule has 0 radical (unpaired) electrons. The number of hydrogen-bond acceptors (Lipinski definition) is 3. The van der Waals surface area contributed by atoms with Gasteiger partial charge in [-0.25, -0.2) is 13.1 Å². The van der Waals surface area contributed by atoms with Crippen LogP contribution in [0, 0.1) is 5.92 Å². The van der Waals surface area contributed by atoms with Gasteiger partial charge in [0.2, 0.25) is 10.0 Å². The van der Waals surface area contributed by atoms with Crippen molar-refractivity contribution in [3.05, 3.63) is 28.8 Å². The molecule has 0 aromatic heterocycles. The summed E-state index contributed by atoms with van der Waals surface area (Å²) >= 11 is 5.78. The number of halogens is 4. The third kappa shape index (κ3) is 3.73. The summed E-state index contributed by atoms with van der Waals surface area (Å²) in [6.07, 6.45) is -2.41. The van der Waals surface area contributed by atoms with Crippen LogP contribution in [0.25, 0.3) is 0 Å². The Kier molecular flexibility index (Phi) is 5.06. The minimum absolute atomic E-state index is 0.0145. The molecule has 9 heteroatoms. The number of alkyl halides is 3. The quantitative estimate of drug-likeness (QED) is 0.871. The normalized spacial score (nSPS) is 23.0. The largest absolute Gasteiger partial charge is 0.416 e. The molecule has 0 amide bonds. The topological polar surface area (TPSA) is 72.2 Å². The standard InChI is InChI=1S/C13H16ClF3N2O2S/c14-10-5-4-9(13(15,16)17)6-12(10)22(20,21)19-11-3-1-2-8(11)7-18/h4-6,8,11,19H,1-3,7,18H2. The summed E-state index contributed by atoms with van der Waals surface area (Å²) in [5, 5.41) is -0.247. The second-order valence-electron chi connectivity index (χ2n) is 5.30. The first-order valence-electron chi connectivity index (χ1n) is 6.74. The van der Waals surface area contributed by atoms with E-state index >= 15 is 0 Å². The Morgan fingerprint density at radius 1 is 1.32 bits per heavy atom. The maximum absolute atomic E-state index is 12.7. The molecule has 1 aliphatic carbocycles. The van der Waals surface area contributed by atoms with Crippen LogP contribution < -0.4 is 10.5 Å². The third-order valence-electron chi connectivity index (χ3n) is 3.82. The molecule has 0 spiro atoms. The number of nitrogens with one attached hydrogen (secondary N) is 1. The predicted molar refractivity (Wildman–Crippen MR) is 77.0 cm³/mol. The van der Waals surface area contributed by atoms with E-state index in [1.54, 1.807) is 0 Å². The van der Waals surface area contributed by atoms with Gasteiger partial charge >= 0.3 is 6.18 Å². The van der Waals surface area contributed by atoms with Gasteiger partial charge < -0.3 is 5.73 Å². The molecule has 1 saturated carbocycles. The molecular formula is C13H16ClF3N2O2S. The van der Waals surface area contributed by atoms with Crippen LogP contribution in [0.4, 0.5) is 13.2 Å². The van der Waals surface area contributed by atoms with Gasteiger partial charge in [0.15, 0.2) is 0 Å². The number of rotatable bonds is 4. The molecule has 1 fully saturated rings. The van der Waals surface area contributed by atoms with Crippen LogP contribution in [0.3, 0.4) is 0 Å². The molecule has 124 valence electrons. The van der Waals surface area contributed by atoms with Gasteiger partial charge in [0.25, 0.3) is 0 Å². The molecule has 0 bridgehead atoms. The molecule has 1 aromatic carbocycles. The van der Waals surface area contributed by atoms with Crippen molar-refractivity contribution in [2.45, 2.75) is 36.4 Å². The van der Waals surface area contributed by atoms with Gasteiger partial charge in [0, 0.05) is 6.04 Å². The van der Waals surface area contributed by atoms with E-state index in [9.17, 15) is 21.6 Å². The molecule has 1 aliphatic rings. The van der Waals surface area contributed by atoms with Crippen molar-refractivity contribution in [1.29, 1.82) is 0 Å². The summed E-state index contributed by atoms with van der Waals surface area (Å²) in [5.41, 5.74) is 4.53. The number of nitrogens with two attached hydrogens (primary N) is 1.